The Kier molecular flexibility index (Phi) is 8.65. The van der Waals surface area contributed by atoms with Crippen molar-refractivity contribution in [2.24, 2.45) is 14.1 Å². The number of fused-ring (bicyclic) bond motifs is 2. The number of ether oxygens (including phenoxy) is 1. The zero-order valence-electron chi connectivity index (χ0n) is 30.3. The molecule has 2 fully saturated rings. The second-order valence-corrected chi connectivity index (χ2v) is 15.0. The summed E-state index contributed by atoms with van der Waals surface area (Å²) in [6, 6.07) is 15.3. The van der Waals surface area contributed by atoms with Crippen molar-refractivity contribution in [3.05, 3.63) is 96.8 Å². The minimum Gasteiger partial charge on any atom is -0.481 e. The van der Waals surface area contributed by atoms with Crippen molar-refractivity contribution in [2.75, 3.05) is 25.5 Å². The zero-order valence-corrected chi connectivity index (χ0v) is 31.1. The van der Waals surface area contributed by atoms with E-state index in [0.29, 0.717) is 23.0 Å². The Morgan fingerprint density at radius 3 is 2.51 bits per heavy atom. The van der Waals surface area contributed by atoms with Crippen molar-refractivity contribution >= 4 is 39.9 Å². The van der Waals surface area contributed by atoms with Crippen LogP contribution < -0.4 is 26.6 Å². The molecule has 3 aliphatic rings. The number of pyridine rings is 2. The number of carbonyl (C=O) groups excluding carboxylic acids is 1. The number of hydrogen-bond acceptors (Lipinski definition) is 8. The molecule has 5 aromatic rings. The van der Waals surface area contributed by atoms with Crippen molar-refractivity contribution in [3.8, 4) is 28.3 Å². The molecule has 2 saturated heterocycles. The molecule has 53 heavy (non-hydrogen) atoms. The Hall–Kier alpha value is -5.07. The smallest absolute Gasteiger partial charge is 0.330 e. The van der Waals surface area contributed by atoms with Crippen LogP contribution in [0.2, 0.25) is 5.02 Å². The minimum atomic E-state index is -1.43. The van der Waals surface area contributed by atoms with E-state index in [1.165, 1.54) is 30.2 Å². The van der Waals surface area contributed by atoms with E-state index < -0.39 is 17.4 Å². The third-order valence-corrected chi connectivity index (χ3v) is 11.8. The molecule has 2 N–H and O–H groups in total. The number of methoxy groups -OCH3 is 1. The van der Waals surface area contributed by atoms with Crippen LogP contribution in [-0.2, 0) is 25.3 Å². The zero-order chi connectivity index (χ0) is 37.3. The standard InChI is InChI=1S/C40H41ClFN7O4/c1-21-24(8-7-11-27(21)43-36-34-31(19-28(44-36)22(2)42)47(3)39(52)48(4)38(34)51)25-9-6-10-26(35(25)41)29-18-23-12-13-30(33(23)37(45-29)53-5)49-17-16-40(20-49)15-14-32(50)46-40/h6-11,18-19,22,30H,12-17,20H2,1-5H3,(H,43,44)(H,46,50)/t22?,30-,40-/m0/s1. The highest BCUT2D eigenvalue weighted by molar-refractivity contribution is 6.36. The van der Waals surface area contributed by atoms with Crippen LogP contribution in [-0.4, -0.2) is 55.6 Å². The van der Waals surface area contributed by atoms with Crippen molar-refractivity contribution in [3.63, 3.8) is 0 Å². The second kappa shape index (κ2) is 13.1. The molecule has 0 saturated carbocycles. The first-order valence-electron chi connectivity index (χ1n) is 17.9. The molecular weight excluding hydrogens is 697 g/mol. The lowest BCUT2D eigenvalue weighted by Crippen LogP contribution is -2.44. The van der Waals surface area contributed by atoms with Gasteiger partial charge in [0.05, 0.1) is 34.6 Å². The number of benzene rings is 2. The molecule has 274 valence electrons. The van der Waals surface area contributed by atoms with E-state index in [2.05, 4.69) is 26.6 Å². The number of rotatable bonds is 7. The first-order valence-corrected chi connectivity index (χ1v) is 18.3. The number of aromatic nitrogens is 4. The van der Waals surface area contributed by atoms with Gasteiger partial charge in [0, 0.05) is 62.0 Å². The second-order valence-electron chi connectivity index (χ2n) is 14.6. The highest BCUT2D eigenvalue weighted by Gasteiger charge is 2.46. The summed E-state index contributed by atoms with van der Waals surface area (Å²) in [4.78, 5) is 50.2. The van der Waals surface area contributed by atoms with Gasteiger partial charge in [-0.25, -0.2) is 19.2 Å². The minimum absolute atomic E-state index is 0.100. The third kappa shape index (κ3) is 5.79. The van der Waals surface area contributed by atoms with E-state index in [1.54, 1.807) is 14.2 Å². The van der Waals surface area contributed by atoms with Crippen LogP contribution in [0, 0.1) is 6.92 Å². The maximum absolute atomic E-state index is 14.7. The normalized spacial score (nSPS) is 20.3. The predicted octanol–water partition coefficient (Wildman–Crippen LogP) is 6.45. The van der Waals surface area contributed by atoms with Crippen LogP contribution in [0.4, 0.5) is 15.9 Å². The number of halogens is 2. The average Bonchev–Trinajstić information content (AvgIpc) is 3.87. The molecule has 0 bridgehead atoms. The number of alkyl halides is 1. The number of anilines is 2. The van der Waals surface area contributed by atoms with Gasteiger partial charge >= 0.3 is 5.69 Å². The Labute approximate surface area is 310 Å². The Bertz CT molecular complexity index is 2460. The van der Waals surface area contributed by atoms with Crippen molar-refractivity contribution in [1.29, 1.82) is 0 Å². The molecule has 11 nitrogen and oxygen atoms in total. The number of carbonyl (C=O) groups is 1. The lowest BCUT2D eigenvalue weighted by molar-refractivity contribution is -0.119. The summed E-state index contributed by atoms with van der Waals surface area (Å²) in [6.45, 7) is 5.05. The van der Waals surface area contributed by atoms with Gasteiger partial charge in [-0.05, 0) is 74.4 Å². The lowest BCUT2D eigenvalue weighted by Gasteiger charge is -2.28. The number of hydrogen-bond donors (Lipinski definition) is 2. The van der Waals surface area contributed by atoms with Crippen LogP contribution in [0.1, 0.15) is 67.2 Å². The third-order valence-electron chi connectivity index (χ3n) is 11.4. The number of aryl methyl sites for hydroxylation is 2. The van der Waals surface area contributed by atoms with E-state index in [1.807, 2.05) is 43.3 Å². The van der Waals surface area contributed by atoms with Crippen molar-refractivity contribution < 1.29 is 13.9 Å². The number of amides is 1. The van der Waals surface area contributed by atoms with Crippen LogP contribution in [0.5, 0.6) is 5.88 Å². The quantitative estimate of drug-likeness (QED) is 0.196. The summed E-state index contributed by atoms with van der Waals surface area (Å²) in [7, 11) is 4.61. The van der Waals surface area contributed by atoms with E-state index in [4.69, 9.17) is 21.3 Å². The van der Waals surface area contributed by atoms with Crippen LogP contribution in [0.15, 0.2) is 58.1 Å². The molecule has 8 rings (SSSR count). The Morgan fingerprint density at radius 1 is 1.02 bits per heavy atom. The van der Waals surface area contributed by atoms with E-state index in [0.717, 1.165) is 76.9 Å². The first kappa shape index (κ1) is 35.0. The largest absolute Gasteiger partial charge is 0.481 e. The summed E-state index contributed by atoms with van der Waals surface area (Å²) in [5.41, 5.74) is 6.09. The Morgan fingerprint density at radius 2 is 1.77 bits per heavy atom. The maximum atomic E-state index is 14.7. The number of nitrogens with one attached hydrogen (secondary N) is 2. The van der Waals surface area contributed by atoms with Crippen molar-refractivity contribution in [1.82, 2.24) is 29.3 Å². The summed E-state index contributed by atoms with van der Waals surface area (Å²) in [6.07, 6.45) is 2.83. The van der Waals surface area contributed by atoms with E-state index >= 15 is 0 Å². The SMILES string of the molecule is COc1nc(-c2cccc(-c3cccc(Nc4nc(C(C)F)cc5c4c(=O)n(C)c(=O)n5C)c3C)c2Cl)cc2c1[C@@H](N1CC[C@@]3(CCC(=O)N3)C1)CC2. The van der Waals surface area contributed by atoms with Gasteiger partial charge in [-0.3, -0.25) is 23.6 Å². The monoisotopic (exact) mass is 737 g/mol. The maximum Gasteiger partial charge on any atom is 0.330 e. The first-order chi connectivity index (χ1) is 25.4. The van der Waals surface area contributed by atoms with Crippen LogP contribution in [0.3, 0.4) is 0 Å². The topological polar surface area (TPSA) is 123 Å². The summed E-state index contributed by atoms with van der Waals surface area (Å²) in [5.74, 6) is 0.890. The molecule has 2 aliphatic heterocycles. The average molecular weight is 738 g/mol. The van der Waals surface area contributed by atoms with Gasteiger partial charge in [-0.2, -0.15) is 0 Å². The Balaban J connectivity index is 1.15. The van der Waals surface area contributed by atoms with Crippen LogP contribution in [0.25, 0.3) is 33.3 Å². The number of nitrogens with zero attached hydrogens (tertiary/aromatic N) is 5. The van der Waals surface area contributed by atoms with Crippen molar-refractivity contribution in [2.45, 2.75) is 63.7 Å². The van der Waals surface area contributed by atoms with Gasteiger partial charge in [-0.15, -0.1) is 0 Å². The molecule has 3 atom stereocenters. The molecule has 1 spiro atoms. The van der Waals surface area contributed by atoms with Gasteiger partial charge in [0.25, 0.3) is 5.56 Å². The molecular formula is C40H41ClFN7O4. The molecule has 1 aliphatic carbocycles. The number of likely N-dealkylation sites (tertiary alicyclic amines) is 1. The molecule has 1 amide bonds. The van der Waals surface area contributed by atoms with Gasteiger partial charge < -0.3 is 15.4 Å². The van der Waals surface area contributed by atoms with Gasteiger partial charge in [0.2, 0.25) is 11.8 Å². The summed E-state index contributed by atoms with van der Waals surface area (Å²) >= 11 is 7.25. The molecule has 2 aromatic carbocycles. The van der Waals surface area contributed by atoms with Gasteiger partial charge in [0.1, 0.15) is 17.4 Å². The van der Waals surface area contributed by atoms with E-state index in [9.17, 15) is 18.8 Å². The summed E-state index contributed by atoms with van der Waals surface area (Å²) < 4.78 is 22.9. The molecule has 5 heterocycles. The highest BCUT2D eigenvalue weighted by Crippen LogP contribution is 2.47. The fraction of sp³-hybridized carbons (Fsp3) is 0.375. The fourth-order valence-corrected chi connectivity index (χ4v) is 8.85. The molecule has 0 radical (unpaired) electrons. The lowest BCUT2D eigenvalue weighted by atomic mass is 9.96. The highest BCUT2D eigenvalue weighted by atomic mass is 35.5. The van der Waals surface area contributed by atoms with Gasteiger partial charge in [-0.1, -0.05) is 41.9 Å². The molecule has 1 unspecified atom stereocenters. The van der Waals surface area contributed by atoms with E-state index in [-0.39, 0.29) is 39.9 Å². The predicted molar refractivity (Wildman–Crippen MR) is 204 cm³/mol. The van der Waals surface area contributed by atoms with Gasteiger partial charge in [0.15, 0.2) is 0 Å². The van der Waals surface area contributed by atoms with Crippen LogP contribution >= 0.6 is 11.6 Å². The fourth-order valence-electron chi connectivity index (χ4n) is 8.52. The summed E-state index contributed by atoms with van der Waals surface area (Å²) in [5, 5.41) is 7.23. The molecule has 3 aromatic heterocycles. The molecule has 13 heteroatoms.